The van der Waals surface area contributed by atoms with Crippen LogP contribution in [-0.4, -0.2) is 28.2 Å². The molecule has 0 unspecified atom stereocenters. The van der Waals surface area contributed by atoms with Crippen LogP contribution in [0.4, 0.5) is 0 Å². The van der Waals surface area contributed by atoms with Crippen LogP contribution in [0.3, 0.4) is 0 Å². The zero-order valence-electron chi connectivity index (χ0n) is 6.34. The Morgan fingerprint density at radius 3 is 1.92 bits per heavy atom. The van der Waals surface area contributed by atoms with Gasteiger partial charge in [-0.05, 0) is 6.42 Å². The van der Waals surface area contributed by atoms with Gasteiger partial charge in [-0.15, -0.1) is 24.0 Å². The second kappa shape index (κ2) is 12.7. The number of hydrogen-bond donors (Lipinski definition) is 3. The van der Waals surface area contributed by atoms with E-state index in [2.05, 4.69) is 0 Å². The van der Waals surface area contributed by atoms with Crippen LogP contribution < -0.4 is 5.73 Å². The number of carboxylic acid groups (broad SMARTS) is 2. The maximum absolute atomic E-state index is 9.99. The van der Waals surface area contributed by atoms with Crippen LogP contribution in [0.5, 0.6) is 0 Å². The SMILES string of the molecule is I.N[C@@H](CCC(=O)O)C(=O)O.[Cu].[Fe]. The number of carboxylic acids is 2. The predicted octanol–water partition coefficient (Wildman–Crippen LogP) is -0.124. The van der Waals surface area contributed by atoms with E-state index in [0.29, 0.717) is 0 Å². The van der Waals surface area contributed by atoms with E-state index in [1.165, 1.54) is 0 Å². The van der Waals surface area contributed by atoms with Gasteiger partial charge in [-0.2, -0.15) is 0 Å². The molecule has 0 spiro atoms. The van der Waals surface area contributed by atoms with Crippen LogP contribution >= 0.6 is 24.0 Å². The van der Waals surface area contributed by atoms with E-state index in [-0.39, 0.29) is 71.0 Å². The van der Waals surface area contributed by atoms with E-state index >= 15 is 0 Å². The number of halogens is 1. The van der Waals surface area contributed by atoms with E-state index in [0.717, 1.165) is 0 Å². The summed E-state index contributed by atoms with van der Waals surface area (Å²) in [5, 5.41) is 16.3. The van der Waals surface area contributed by atoms with Gasteiger partial charge in [0.15, 0.2) is 0 Å². The van der Waals surface area contributed by atoms with Gasteiger partial charge in [-0.25, -0.2) is 0 Å². The average molecular weight is 394 g/mol. The average Bonchev–Trinajstić information content (AvgIpc) is 1.82. The van der Waals surface area contributed by atoms with Crippen molar-refractivity contribution in [3.05, 3.63) is 0 Å². The van der Waals surface area contributed by atoms with Gasteiger partial charge < -0.3 is 15.9 Å². The summed E-state index contributed by atoms with van der Waals surface area (Å²) >= 11 is 0. The molecule has 1 atom stereocenters. The fraction of sp³-hybridized carbons (Fsp3) is 0.600. The molecule has 0 aromatic heterocycles. The largest absolute Gasteiger partial charge is 0.481 e. The zero-order chi connectivity index (χ0) is 8.15. The van der Waals surface area contributed by atoms with E-state index in [1.54, 1.807) is 0 Å². The molecule has 0 aliphatic heterocycles. The van der Waals surface area contributed by atoms with E-state index < -0.39 is 18.0 Å². The molecule has 0 aliphatic carbocycles. The van der Waals surface area contributed by atoms with E-state index in [4.69, 9.17) is 15.9 Å². The fourth-order valence-electron chi connectivity index (χ4n) is 0.402. The van der Waals surface area contributed by atoms with Gasteiger partial charge in [-0.3, -0.25) is 9.59 Å². The number of hydrogen-bond acceptors (Lipinski definition) is 3. The third-order valence-corrected chi connectivity index (χ3v) is 0.986. The molecule has 0 aromatic carbocycles. The summed E-state index contributed by atoms with van der Waals surface area (Å²) in [6, 6.07) is -1.06. The molecule has 4 N–H and O–H groups in total. The third kappa shape index (κ3) is 15.4. The molecule has 0 fully saturated rings. The molecule has 0 rings (SSSR count). The molecule has 0 amide bonds. The molecular weight excluding hydrogens is 384 g/mol. The van der Waals surface area contributed by atoms with Gasteiger partial charge in [0.25, 0.3) is 0 Å². The van der Waals surface area contributed by atoms with Crippen molar-refractivity contribution in [3.8, 4) is 0 Å². The summed E-state index contributed by atoms with van der Waals surface area (Å²) < 4.78 is 0. The maximum Gasteiger partial charge on any atom is 0.320 e. The quantitative estimate of drug-likeness (QED) is 0.456. The Morgan fingerprint density at radius 1 is 1.31 bits per heavy atom. The Hall–Kier alpha value is 0.669. The summed E-state index contributed by atoms with van der Waals surface area (Å²) in [6.45, 7) is 0. The molecule has 5 nitrogen and oxygen atoms in total. The standard InChI is InChI=1S/C5H9NO4.Cu.Fe.HI/c6-3(5(9)10)1-2-4(7)8;;;/h3H,1-2,6H2,(H,7,8)(H,9,10);;;1H/t3-;;;/m0.../s1. The molecule has 85 valence electrons. The molecule has 0 aromatic rings. The molecule has 0 saturated heterocycles. The minimum Gasteiger partial charge on any atom is -0.481 e. The first-order valence-electron chi connectivity index (χ1n) is 2.74. The molecule has 1 radical (unpaired) electrons. The molecule has 0 aliphatic rings. The monoisotopic (exact) mass is 394 g/mol. The van der Waals surface area contributed by atoms with Gasteiger partial charge in [0, 0.05) is 40.6 Å². The summed E-state index contributed by atoms with van der Waals surface area (Å²) in [5.74, 6) is -2.20. The second-order valence-electron chi connectivity index (χ2n) is 1.88. The molecular formula is C5H10CuFeINO4. The van der Waals surface area contributed by atoms with Gasteiger partial charge in [0.2, 0.25) is 0 Å². The summed E-state index contributed by atoms with van der Waals surface area (Å²) in [6.07, 6.45) is -0.224. The fourth-order valence-corrected chi connectivity index (χ4v) is 0.402. The normalized spacial score (nSPS) is 9.62. The van der Waals surface area contributed by atoms with Crippen LogP contribution in [0.15, 0.2) is 0 Å². The first-order chi connectivity index (χ1) is 4.54. The van der Waals surface area contributed by atoms with Crippen molar-refractivity contribution in [1.82, 2.24) is 0 Å². The molecule has 8 heteroatoms. The van der Waals surface area contributed by atoms with Gasteiger partial charge >= 0.3 is 11.9 Å². The van der Waals surface area contributed by atoms with Crippen molar-refractivity contribution in [2.45, 2.75) is 18.9 Å². The van der Waals surface area contributed by atoms with Gasteiger partial charge in [0.05, 0.1) is 0 Å². The maximum atomic E-state index is 9.99. The number of nitrogens with two attached hydrogens (primary N) is 1. The molecule has 0 saturated carbocycles. The van der Waals surface area contributed by atoms with Crippen molar-refractivity contribution < 1.29 is 53.9 Å². The Labute approximate surface area is 114 Å². The van der Waals surface area contributed by atoms with Crippen molar-refractivity contribution in [1.29, 1.82) is 0 Å². The van der Waals surface area contributed by atoms with Gasteiger partial charge in [-0.1, -0.05) is 0 Å². The Morgan fingerprint density at radius 2 is 1.69 bits per heavy atom. The Balaban J connectivity index is -0.000000135. The molecule has 13 heavy (non-hydrogen) atoms. The minimum atomic E-state index is -1.17. The summed E-state index contributed by atoms with van der Waals surface area (Å²) in [7, 11) is 0. The topological polar surface area (TPSA) is 101 Å². The smallest absolute Gasteiger partial charge is 0.320 e. The molecule has 0 heterocycles. The van der Waals surface area contributed by atoms with Crippen LogP contribution in [0.1, 0.15) is 12.8 Å². The van der Waals surface area contributed by atoms with Crippen LogP contribution in [0.25, 0.3) is 0 Å². The first kappa shape index (κ1) is 23.5. The van der Waals surface area contributed by atoms with Crippen molar-refractivity contribution in [3.63, 3.8) is 0 Å². The zero-order valence-corrected chi connectivity index (χ0v) is 10.7. The summed E-state index contributed by atoms with van der Waals surface area (Å²) in [4.78, 5) is 19.9. The minimum absolute atomic E-state index is 0. The number of rotatable bonds is 4. The first-order valence-corrected chi connectivity index (χ1v) is 2.74. The Kier molecular flexibility index (Phi) is 22.9. The molecule has 0 bridgehead atoms. The van der Waals surface area contributed by atoms with E-state index in [9.17, 15) is 9.59 Å². The van der Waals surface area contributed by atoms with Crippen LogP contribution in [0, 0.1) is 0 Å². The number of carbonyl (C=O) groups is 2. The predicted molar refractivity (Wildman–Crippen MR) is 47.9 cm³/mol. The van der Waals surface area contributed by atoms with Crippen LogP contribution in [0.2, 0.25) is 0 Å². The third-order valence-electron chi connectivity index (χ3n) is 0.986. The summed E-state index contributed by atoms with van der Waals surface area (Å²) in [5.41, 5.74) is 5.00. The van der Waals surface area contributed by atoms with Gasteiger partial charge in [0.1, 0.15) is 6.04 Å². The number of aliphatic carboxylic acids is 2. The van der Waals surface area contributed by atoms with E-state index in [1.807, 2.05) is 0 Å². The second-order valence-corrected chi connectivity index (χ2v) is 1.88. The van der Waals surface area contributed by atoms with Crippen molar-refractivity contribution >= 4 is 35.9 Å². The van der Waals surface area contributed by atoms with Crippen molar-refractivity contribution in [2.75, 3.05) is 0 Å². The Bertz CT molecular complexity index is 159. The van der Waals surface area contributed by atoms with Crippen LogP contribution in [-0.2, 0) is 43.7 Å². The van der Waals surface area contributed by atoms with Crippen molar-refractivity contribution in [2.24, 2.45) is 5.73 Å².